The monoisotopic (exact) mass is 741 g/mol. The molecule has 3 aromatic rings. The number of rotatable bonds is 9. The normalized spacial score (nSPS) is 42.1. The molecule has 0 spiro atoms. The van der Waals surface area contributed by atoms with E-state index in [-0.39, 0.29) is 23.4 Å². The maximum absolute atomic E-state index is 5.97. The van der Waals surface area contributed by atoms with Crippen molar-refractivity contribution in [3.63, 3.8) is 0 Å². The predicted molar refractivity (Wildman–Crippen MR) is 220 cm³/mol. The van der Waals surface area contributed by atoms with Gasteiger partial charge in [0.1, 0.15) is 0 Å². The largest absolute Gasteiger partial charge is 0.422 e. The predicted octanol–water partition coefficient (Wildman–Crippen LogP) is 11.0. The Morgan fingerprint density at radius 2 is 0.600 bits per heavy atom. The summed E-state index contributed by atoms with van der Waals surface area (Å²) in [4.78, 5) is 0. The van der Waals surface area contributed by atoms with Crippen LogP contribution in [0.5, 0.6) is 0 Å². The Balaban J connectivity index is 1.05. The number of aromatic nitrogens is 6. The number of nitrogens with zero attached hydrogens (tertiary/aromatic N) is 6. The van der Waals surface area contributed by atoms with Gasteiger partial charge in [0.05, 0.1) is 17.1 Å². The van der Waals surface area contributed by atoms with Crippen molar-refractivity contribution in [2.24, 2.45) is 53.3 Å². The van der Waals surface area contributed by atoms with E-state index in [0.29, 0.717) is 17.8 Å². The van der Waals surface area contributed by atoms with Crippen molar-refractivity contribution in [1.82, 2.24) is 29.1 Å². The van der Waals surface area contributed by atoms with Crippen molar-refractivity contribution in [2.75, 3.05) is 0 Å². The average Bonchev–Trinajstić information content (AvgIpc) is 3.86. The van der Waals surface area contributed by atoms with Gasteiger partial charge in [0.15, 0.2) is 0 Å². The Morgan fingerprint density at radius 1 is 0.400 bits per heavy atom. The molecular formula is C48H69BN6-. The molecule has 0 unspecified atom stereocenters. The molecule has 12 bridgehead atoms. The molecule has 12 fully saturated rings. The van der Waals surface area contributed by atoms with Gasteiger partial charge in [-0.1, -0.05) is 41.5 Å². The minimum atomic E-state index is -0.236. The maximum atomic E-state index is 5.97. The second-order valence-electron chi connectivity index (χ2n) is 23.6. The summed E-state index contributed by atoms with van der Waals surface area (Å²) in [6.07, 6.45) is 25.4. The molecule has 0 N–H and O–H groups in total. The molecule has 12 aliphatic rings. The van der Waals surface area contributed by atoms with Gasteiger partial charge in [0, 0.05) is 16.2 Å². The second kappa shape index (κ2) is 11.9. The van der Waals surface area contributed by atoms with Crippen LogP contribution in [0, 0.1) is 53.3 Å². The van der Waals surface area contributed by atoms with E-state index in [4.69, 9.17) is 15.3 Å². The van der Waals surface area contributed by atoms with Crippen LogP contribution in [0.3, 0.4) is 0 Å². The minimum absolute atomic E-state index is 0.236. The van der Waals surface area contributed by atoms with Crippen LogP contribution in [0.2, 0.25) is 0 Å². The van der Waals surface area contributed by atoms with Crippen LogP contribution in [0.4, 0.5) is 0 Å². The Bertz CT molecular complexity index is 1660. The zero-order valence-corrected chi connectivity index (χ0v) is 35.1. The standard InChI is InChI=1S/C48H69BN6/c1-28(2)40-16-43(46-19-31-7-32(20-46)9-33(8-31)21-46)50-53(40)49(54-41(29(3)4)17-44(51-54)47-22-34-10-35(23-47)12-36(11-34)24-47)55-42(30(5)6)18-45(52-55)48-25-37-13-38(26-48)15-39(14-37)27-48/h16-18,28-39H,7-15,19-27H2,1-6H3/q-1. The smallest absolute Gasteiger partial charge is 0.261 e. The lowest BCUT2D eigenvalue weighted by Crippen LogP contribution is -2.50. The highest BCUT2D eigenvalue weighted by atomic mass is 15.5. The first-order valence-electron chi connectivity index (χ1n) is 23.7. The molecular weight excluding hydrogens is 671 g/mol. The lowest BCUT2D eigenvalue weighted by Gasteiger charge is -2.56. The van der Waals surface area contributed by atoms with E-state index >= 15 is 0 Å². The molecule has 0 aromatic carbocycles. The highest BCUT2D eigenvalue weighted by Gasteiger charge is 2.55. The third kappa shape index (κ3) is 5.20. The molecule has 6 nitrogen and oxygen atoms in total. The summed E-state index contributed by atoms with van der Waals surface area (Å²) in [5.74, 6) is 9.19. The molecule has 7 heteroatoms. The van der Waals surface area contributed by atoms with Gasteiger partial charge in [-0.15, -0.1) is 0 Å². The first-order valence-corrected chi connectivity index (χ1v) is 23.7. The molecule has 3 heterocycles. The van der Waals surface area contributed by atoms with Crippen LogP contribution in [0.15, 0.2) is 18.2 Å². The Hall–Kier alpha value is -2.31. The summed E-state index contributed by atoms with van der Waals surface area (Å²) in [7, 11) is -0.236. The van der Waals surface area contributed by atoms with E-state index in [1.165, 1.54) is 150 Å². The summed E-state index contributed by atoms with van der Waals surface area (Å²) in [6, 6.07) is 7.80. The molecule has 12 aliphatic carbocycles. The highest BCUT2D eigenvalue weighted by Crippen LogP contribution is 2.63. The summed E-state index contributed by atoms with van der Waals surface area (Å²) in [5, 5.41) is 17.9. The van der Waals surface area contributed by atoms with Crippen LogP contribution >= 0.6 is 0 Å². The van der Waals surface area contributed by atoms with E-state index < -0.39 is 0 Å². The van der Waals surface area contributed by atoms with E-state index in [2.05, 4.69) is 73.5 Å². The fourth-order valence-corrected chi connectivity index (χ4v) is 17.4. The first-order chi connectivity index (χ1) is 26.4. The van der Waals surface area contributed by atoms with Crippen LogP contribution in [0.1, 0.15) is 209 Å². The number of hydrogen-bond donors (Lipinski definition) is 0. The minimum Gasteiger partial charge on any atom is -0.422 e. The Morgan fingerprint density at radius 3 is 0.782 bits per heavy atom. The molecule has 0 aliphatic heterocycles. The van der Waals surface area contributed by atoms with Crippen LogP contribution in [0.25, 0.3) is 0 Å². The van der Waals surface area contributed by atoms with Crippen molar-refractivity contribution >= 4 is 7.12 Å². The van der Waals surface area contributed by atoms with Crippen molar-refractivity contribution in [3.8, 4) is 0 Å². The van der Waals surface area contributed by atoms with Gasteiger partial charge in [0.2, 0.25) is 0 Å². The number of hydrogen-bond acceptors (Lipinski definition) is 3. The van der Waals surface area contributed by atoms with E-state index in [0.717, 1.165) is 53.3 Å². The highest BCUT2D eigenvalue weighted by molar-refractivity contribution is 6.53. The van der Waals surface area contributed by atoms with Crippen molar-refractivity contribution in [2.45, 2.75) is 191 Å². The average molecular weight is 741 g/mol. The van der Waals surface area contributed by atoms with Gasteiger partial charge in [0.25, 0.3) is 7.12 Å². The van der Waals surface area contributed by atoms with E-state index in [1.54, 1.807) is 0 Å². The summed E-state index contributed by atoms with van der Waals surface area (Å²) >= 11 is 0. The van der Waals surface area contributed by atoms with Gasteiger partial charge in [-0.05, 0) is 222 Å². The fraction of sp³-hybridized carbons (Fsp3) is 0.812. The SMILES string of the molecule is CC(C)c1cc(C23CC4CC(CC(C4)C2)C3)nn1[B-](n1nc(C23CC4CC(CC(C4)C2)C3)cc1C(C)C)n1nc(C23CC4CC(CC(C4)C2)C3)cc1C(C)C. The van der Waals surface area contributed by atoms with Gasteiger partial charge in [-0.3, -0.25) is 0 Å². The summed E-state index contributed by atoms with van der Waals surface area (Å²) in [5.41, 5.74) is 9.08. The summed E-state index contributed by atoms with van der Waals surface area (Å²) in [6.45, 7) is 14.5. The first kappa shape index (κ1) is 34.7. The van der Waals surface area contributed by atoms with Crippen LogP contribution < -0.4 is 0 Å². The van der Waals surface area contributed by atoms with Crippen molar-refractivity contribution in [1.29, 1.82) is 0 Å². The molecule has 0 saturated heterocycles. The lowest BCUT2D eigenvalue weighted by atomic mass is 9.49. The fourth-order valence-electron chi connectivity index (χ4n) is 17.4. The molecule has 1 radical (unpaired) electrons. The molecule has 0 amide bonds. The zero-order valence-electron chi connectivity index (χ0n) is 35.1. The van der Waals surface area contributed by atoms with E-state index in [9.17, 15) is 0 Å². The van der Waals surface area contributed by atoms with Crippen LogP contribution in [-0.4, -0.2) is 36.2 Å². The molecule has 3 aromatic heterocycles. The summed E-state index contributed by atoms with van der Waals surface area (Å²) < 4.78 is 7.51. The molecule has 12 saturated carbocycles. The third-order valence-corrected chi connectivity index (χ3v) is 18.5. The van der Waals surface area contributed by atoms with Gasteiger partial charge < -0.3 is 13.8 Å². The Labute approximate surface area is 331 Å². The quantitative estimate of drug-likeness (QED) is 0.205. The van der Waals surface area contributed by atoms with Gasteiger partial charge in [-0.2, -0.15) is 0 Å². The van der Waals surface area contributed by atoms with Gasteiger partial charge in [-0.25, -0.2) is 15.3 Å². The van der Waals surface area contributed by atoms with Crippen molar-refractivity contribution < 1.29 is 0 Å². The van der Waals surface area contributed by atoms with Crippen molar-refractivity contribution in [3.05, 3.63) is 52.4 Å². The second-order valence-corrected chi connectivity index (χ2v) is 23.6. The zero-order chi connectivity index (χ0) is 37.2. The molecule has 15 rings (SSSR count). The van der Waals surface area contributed by atoms with Gasteiger partial charge >= 0.3 is 0 Å². The Kier molecular flexibility index (Phi) is 7.51. The molecule has 295 valence electrons. The maximum Gasteiger partial charge on any atom is 0.261 e. The third-order valence-electron chi connectivity index (χ3n) is 18.5. The lowest BCUT2D eigenvalue weighted by molar-refractivity contribution is -0.00733. The topological polar surface area (TPSA) is 53.5 Å². The molecule has 0 atom stereocenters. The molecule has 55 heavy (non-hydrogen) atoms. The van der Waals surface area contributed by atoms with Crippen LogP contribution in [-0.2, 0) is 16.2 Å². The van der Waals surface area contributed by atoms with E-state index in [1.807, 2.05) is 0 Å².